The molecule has 16 heavy (non-hydrogen) atoms. The summed E-state index contributed by atoms with van der Waals surface area (Å²) in [6.45, 7) is 0. The van der Waals surface area contributed by atoms with E-state index in [9.17, 15) is 0 Å². The molecule has 0 unspecified atom stereocenters. The van der Waals surface area contributed by atoms with Gasteiger partial charge in [0.2, 0.25) is 0 Å². The molecule has 1 aliphatic carbocycles. The fourth-order valence-corrected chi connectivity index (χ4v) is 2.04. The largest absolute Gasteiger partial charge is 0.328 e. The van der Waals surface area contributed by atoms with Crippen molar-refractivity contribution in [3.05, 3.63) is 24.8 Å². The maximum absolute atomic E-state index is 4.38. The summed E-state index contributed by atoms with van der Waals surface area (Å²) in [7, 11) is 0. The molecule has 1 fully saturated rings. The van der Waals surface area contributed by atoms with Crippen LogP contribution in [0.5, 0.6) is 0 Å². The quantitative estimate of drug-likeness (QED) is 0.602. The van der Waals surface area contributed by atoms with Gasteiger partial charge >= 0.3 is 0 Å². The lowest BCUT2D eigenvalue weighted by Gasteiger charge is -2.05. The molecule has 0 bridgehead atoms. The molecule has 0 amide bonds. The molecule has 2 aromatic heterocycles. The molecule has 1 saturated carbocycles. The maximum Gasteiger partial charge on any atom is 0.187 e. The second kappa shape index (κ2) is 3.90. The highest BCUT2D eigenvalue weighted by molar-refractivity contribution is 7.98. The number of aromatic nitrogens is 4. The topological polar surface area (TPSA) is 43.6 Å². The van der Waals surface area contributed by atoms with Gasteiger partial charge in [-0.2, -0.15) is 0 Å². The molecule has 0 saturated heterocycles. The molecule has 5 heteroatoms. The Kier molecular flexibility index (Phi) is 2.40. The van der Waals surface area contributed by atoms with Gasteiger partial charge in [-0.3, -0.25) is 0 Å². The molecule has 0 spiro atoms. The Balaban J connectivity index is 1.97. The number of imidazole rings is 1. The first-order chi connectivity index (χ1) is 7.88. The van der Waals surface area contributed by atoms with Crippen molar-refractivity contribution < 1.29 is 0 Å². The second-order valence-electron chi connectivity index (χ2n) is 3.85. The van der Waals surface area contributed by atoms with Crippen LogP contribution in [0.15, 0.2) is 29.9 Å². The molecule has 4 nitrogen and oxygen atoms in total. The summed E-state index contributed by atoms with van der Waals surface area (Å²) in [5.41, 5.74) is 0.995. The third kappa shape index (κ3) is 1.71. The SMILES string of the molecule is CSc1ncc(-c2nccn2C2CC2)cn1. The third-order valence-corrected chi connectivity index (χ3v) is 3.25. The van der Waals surface area contributed by atoms with E-state index in [4.69, 9.17) is 0 Å². The van der Waals surface area contributed by atoms with Crippen molar-refractivity contribution in [1.29, 1.82) is 0 Å². The lowest BCUT2D eigenvalue weighted by Crippen LogP contribution is -1.97. The van der Waals surface area contributed by atoms with Gasteiger partial charge in [-0.1, -0.05) is 11.8 Å². The number of thioether (sulfide) groups is 1. The van der Waals surface area contributed by atoms with Crippen molar-refractivity contribution >= 4 is 11.8 Å². The molecule has 1 aliphatic rings. The van der Waals surface area contributed by atoms with Crippen LogP contribution in [0.2, 0.25) is 0 Å². The first-order valence-electron chi connectivity index (χ1n) is 5.27. The Hall–Kier alpha value is -1.36. The summed E-state index contributed by atoms with van der Waals surface area (Å²) in [5.74, 6) is 0.982. The molecule has 0 radical (unpaired) electrons. The van der Waals surface area contributed by atoms with E-state index in [0.717, 1.165) is 16.5 Å². The highest BCUT2D eigenvalue weighted by Gasteiger charge is 2.25. The lowest BCUT2D eigenvalue weighted by molar-refractivity contribution is 0.748. The van der Waals surface area contributed by atoms with E-state index >= 15 is 0 Å². The number of hydrogen-bond acceptors (Lipinski definition) is 4. The van der Waals surface area contributed by atoms with E-state index in [0.29, 0.717) is 6.04 Å². The van der Waals surface area contributed by atoms with Crippen LogP contribution in [0.3, 0.4) is 0 Å². The fourth-order valence-electron chi connectivity index (χ4n) is 1.72. The van der Waals surface area contributed by atoms with Crippen molar-refractivity contribution in [2.45, 2.75) is 24.0 Å². The second-order valence-corrected chi connectivity index (χ2v) is 4.62. The Morgan fingerprint density at radius 1 is 1.25 bits per heavy atom. The van der Waals surface area contributed by atoms with Gasteiger partial charge in [0.05, 0.1) is 5.56 Å². The predicted molar refractivity (Wildman–Crippen MR) is 63.3 cm³/mol. The number of hydrogen-bond donors (Lipinski definition) is 0. The van der Waals surface area contributed by atoms with Gasteiger partial charge in [0.25, 0.3) is 0 Å². The third-order valence-electron chi connectivity index (χ3n) is 2.68. The van der Waals surface area contributed by atoms with Gasteiger partial charge in [0.15, 0.2) is 5.16 Å². The molecule has 0 aliphatic heterocycles. The van der Waals surface area contributed by atoms with Crippen molar-refractivity contribution in [2.75, 3.05) is 6.26 Å². The maximum atomic E-state index is 4.38. The molecule has 82 valence electrons. The zero-order chi connectivity index (χ0) is 11.0. The average molecular weight is 232 g/mol. The van der Waals surface area contributed by atoms with Gasteiger partial charge in [0.1, 0.15) is 5.82 Å². The summed E-state index contributed by atoms with van der Waals surface area (Å²) < 4.78 is 2.22. The molecule has 3 rings (SSSR count). The van der Waals surface area contributed by atoms with Gasteiger partial charge in [-0.25, -0.2) is 15.0 Å². The lowest BCUT2D eigenvalue weighted by atomic mass is 10.3. The standard InChI is InChI=1S/C11H12N4S/c1-16-11-13-6-8(7-14-11)10-12-4-5-15(10)9-2-3-9/h4-7,9H,2-3H2,1H3. The zero-order valence-corrected chi connectivity index (χ0v) is 9.81. The van der Waals surface area contributed by atoms with Crippen molar-refractivity contribution in [1.82, 2.24) is 19.5 Å². The summed E-state index contributed by atoms with van der Waals surface area (Å²) in [4.78, 5) is 12.9. The van der Waals surface area contributed by atoms with Crippen molar-refractivity contribution in [3.8, 4) is 11.4 Å². The Labute approximate surface area is 98.1 Å². The minimum Gasteiger partial charge on any atom is -0.328 e. The fraction of sp³-hybridized carbons (Fsp3) is 0.364. The molecule has 2 aromatic rings. The van der Waals surface area contributed by atoms with Gasteiger partial charge < -0.3 is 4.57 Å². The minimum absolute atomic E-state index is 0.637. The van der Waals surface area contributed by atoms with Crippen LogP contribution in [0, 0.1) is 0 Å². The molecular formula is C11H12N4S. The molecule has 0 N–H and O–H groups in total. The average Bonchev–Trinajstić information content (AvgIpc) is 3.07. The van der Waals surface area contributed by atoms with Gasteiger partial charge in [-0.15, -0.1) is 0 Å². The molecular weight excluding hydrogens is 220 g/mol. The van der Waals surface area contributed by atoms with Crippen molar-refractivity contribution in [3.63, 3.8) is 0 Å². The number of rotatable bonds is 3. The minimum atomic E-state index is 0.637. The van der Waals surface area contributed by atoms with Crippen LogP contribution < -0.4 is 0 Å². The predicted octanol–water partition coefficient (Wildman–Crippen LogP) is 2.40. The molecule has 2 heterocycles. The van der Waals surface area contributed by atoms with E-state index in [1.54, 1.807) is 11.8 Å². The molecule has 0 atom stereocenters. The zero-order valence-electron chi connectivity index (χ0n) is 9.00. The summed E-state index contributed by atoms with van der Waals surface area (Å²) in [5, 5.41) is 0.799. The summed E-state index contributed by atoms with van der Waals surface area (Å²) >= 11 is 1.55. The smallest absolute Gasteiger partial charge is 0.187 e. The van der Waals surface area contributed by atoms with Crippen LogP contribution in [0.1, 0.15) is 18.9 Å². The van der Waals surface area contributed by atoms with Crippen LogP contribution in [-0.4, -0.2) is 25.8 Å². The van der Waals surface area contributed by atoms with Crippen LogP contribution in [0.25, 0.3) is 11.4 Å². The van der Waals surface area contributed by atoms with E-state index in [-0.39, 0.29) is 0 Å². The first kappa shape index (κ1) is 9.84. The first-order valence-corrected chi connectivity index (χ1v) is 6.50. The van der Waals surface area contributed by atoms with Crippen LogP contribution in [0.4, 0.5) is 0 Å². The Morgan fingerprint density at radius 3 is 2.62 bits per heavy atom. The molecule has 0 aromatic carbocycles. The van der Waals surface area contributed by atoms with E-state index < -0.39 is 0 Å². The van der Waals surface area contributed by atoms with E-state index in [1.165, 1.54) is 12.8 Å². The number of nitrogens with zero attached hydrogens (tertiary/aromatic N) is 4. The van der Waals surface area contributed by atoms with E-state index in [2.05, 4.69) is 19.5 Å². The van der Waals surface area contributed by atoms with Crippen LogP contribution in [-0.2, 0) is 0 Å². The van der Waals surface area contributed by atoms with Crippen LogP contribution >= 0.6 is 11.8 Å². The summed E-state index contributed by atoms with van der Waals surface area (Å²) in [6, 6.07) is 0.637. The van der Waals surface area contributed by atoms with Gasteiger partial charge in [-0.05, 0) is 19.1 Å². The normalized spacial score (nSPS) is 15.3. The van der Waals surface area contributed by atoms with Crippen molar-refractivity contribution in [2.24, 2.45) is 0 Å². The van der Waals surface area contributed by atoms with E-state index in [1.807, 2.05) is 31.0 Å². The van der Waals surface area contributed by atoms with Gasteiger partial charge in [0, 0.05) is 30.8 Å². The highest BCUT2D eigenvalue weighted by atomic mass is 32.2. The monoisotopic (exact) mass is 232 g/mol. The Bertz CT molecular complexity index is 487. The summed E-state index contributed by atoms with van der Waals surface area (Å²) in [6.07, 6.45) is 12.1. The highest BCUT2D eigenvalue weighted by Crippen LogP contribution is 2.37. The Morgan fingerprint density at radius 2 is 2.00 bits per heavy atom.